The van der Waals surface area contributed by atoms with Crippen molar-refractivity contribution in [2.75, 3.05) is 12.3 Å². The van der Waals surface area contributed by atoms with Crippen LogP contribution >= 0.6 is 12.4 Å². The molecule has 0 heterocycles. The number of hydrogen-bond acceptors (Lipinski definition) is 2. The molecule has 0 radical (unpaired) electrons. The number of halogens is 1. The molecule has 0 saturated heterocycles. The van der Waals surface area contributed by atoms with Gasteiger partial charge in [-0.1, -0.05) is 11.8 Å². The van der Waals surface area contributed by atoms with Gasteiger partial charge in [0.05, 0.1) is 6.54 Å². The first-order valence-electron chi connectivity index (χ1n) is 3.37. The lowest BCUT2D eigenvalue weighted by atomic mass is 10.2. The summed E-state index contributed by atoms with van der Waals surface area (Å²) in [4.78, 5) is 0. The highest BCUT2D eigenvalue weighted by Gasteiger charge is 1.84. The summed E-state index contributed by atoms with van der Waals surface area (Å²) in [6.45, 7) is 0.393. The van der Waals surface area contributed by atoms with Crippen molar-refractivity contribution in [3.63, 3.8) is 0 Å². The largest absolute Gasteiger partial charge is 0.399 e. The molecule has 4 N–H and O–H groups in total. The molecule has 0 unspecified atom stereocenters. The molecule has 2 nitrogen and oxygen atoms in total. The highest BCUT2D eigenvalue weighted by atomic mass is 35.5. The van der Waals surface area contributed by atoms with Gasteiger partial charge in [-0.2, -0.15) is 0 Å². The molecule has 0 aliphatic carbocycles. The van der Waals surface area contributed by atoms with E-state index in [0.29, 0.717) is 6.54 Å². The lowest BCUT2D eigenvalue weighted by Crippen LogP contribution is -1.93. The third kappa shape index (κ3) is 3.29. The number of nitrogens with two attached hydrogens (primary N) is 2. The van der Waals surface area contributed by atoms with E-state index in [-0.39, 0.29) is 12.4 Å². The van der Waals surface area contributed by atoms with Crippen LogP contribution in [0.1, 0.15) is 5.56 Å². The summed E-state index contributed by atoms with van der Waals surface area (Å²) in [6, 6.07) is 7.39. The number of rotatable bonds is 0. The van der Waals surface area contributed by atoms with Gasteiger partial charge in [0.25, 0.3) is 0 Å². The lowest BCUT2D eigenvalue weighted by Gasteiger charge is -1.90. The van der Waals surface area contributed by atoms with E-state index < -0.39 is 0 Å². The summed E-state index contributed by atoms with van der Waals surface area (Å²) >= 11 is 0. The van der Waals surface area contributed by atoms with Crippen molar-refractivity contribution in [2.24, 2.45) is 5.73 Å². The lowest BCUT2D eigenvalue weighted by molar-refractivity contribution is 1.30. The van der Waals surface area contributed by atoms with Crippen LogP contribution in [0.2, 0.25) is 0 Å². The Hall–Kier alpha value is -1.17. The summed E-state index contributed by atoms with van der Waals surface area (Å²) in [5, 5.41) is 0. The van der Waals surface area contributed by atoms with Crippen LogP contribution in [-0.2, 0) is 0 Å². The molecule has 0 atom stereocenters. The molecule has 0 aliphatic heterocycles. The molecule has 1 aromatic rings. The number of anilines is 1. The standard InChI is InChI=1S/C9H10N2.ClH/c10-7-1-2-8-3-5-9(11)6-4-8;/h3-6H,7,10-11H2;1H. The summed E-state index contributed by atoms with van der Waals surface area (Å²) in [6.07, 6.45) is 0. The highest BCUT2D eigenvalue weighted by Crippen LogP contribution is 2.03. The molecule has 64 valence electrons. The van der Waals surface area contributed by atoms with Crippen molar-refractivity contribution < 1.29 is 0 Å². The second kappa shape index (κ2) is 5.48. The molecular weight excluding hydrogens is 172 g/mol. The fourth-order valence-corrected chi connectivity index (χ4v) is 0.720. The minimum Gasteiger partial charge on any atom is -0.399 e. The van der Waals surface area contributed by atoms with Crippen LogP contribution < -0.4 is 11.5 Å². The van der Waals surface area contributed by atoms with Gasteiger partial charge in [-0.05, 0) is 24.3 Å². The van der Waals surface area contributed by atoms with Crippen molar-refractivity contribution in [3.05, 3.63) is 29.8 Å². The van der Waals surface area contributed by atoms with Crippen LogP contribution in [0, 0.1) is 11.8 Å². The smallest absolute Gasteiger partial charge is 0.0555 e. The third-order valence-corrected chi connectivity index (χ3v) is 1.25. The van der Waals surface area contributed by atoms with E-state index in [4.69, 9.17) is 11.5 Å². The second-order valence-electron chi connectivity index (χ2n) is 2.13. The zero-order valence-corrected chi connectivity index (χ0v) is 7.40. The van der Waals surface area contributed by atoms with E-state index in [1.165, 1.54) is 0 Å². The van der Waals surface area contributed by atoms with Gasteiger partial charge < -0.3 is 11.5 Å². The van der Waals surface area contributed by atoms with E-state index in [2.05, 4.69) is 11.8 Å². The molecule has 0 bridgehead atoms. The van der Waals surface area contributed by atoms with Crippen molar-refractivity contribution in [1.29, 1.82) is 0 Å². The Bertz CT molecular complexity index is 282. The monoisotopic (exact) mass is 182 g/mol. The number of nitrogen functional groups attached to an aromatic ring is 1. The maximum atomic E-state index is 5.48. The Morgan fingerprint density at radius 3 is 2.25 bits per heavy atom. The van der Waals surface area contributed by atoms with Crippen molar-refractivity contribution in [3.8, 4) is 11.8 Å². The van der Waals surface area contributed by atoms with Crippen molar-refractivity contribution >= 4 is 18.1 Å². The minimum atomic E-state index is 0. The summed E-state index contributed by atoms with van der Waals surface area (Å²) < 4.78 is 0. The molecule has 1 aromatic carbocycles. The Morgan fingerprint density at radius 1 is 1.17 bits per heavy atom. The van der Waals surface area contributed by atoms with Gasteiger partial charge in [-0.15, -0.1) is 12.4 Å². The number of hydrogen-bond donors (Lipinski definition) is 2. The SMILES string of the molecule is Cl.NCC#Cc1ccc(N)cc1. The predicted molar refractivity (Wildman–Crippen MR) is 54.0 cm³/mol. The molecule has 3 heteroatoms. The van der Waals surface area contributed by atoms with E-state index in [1.54, 1.807) is 0 Å². The van der Waals surface area contributed by atoms with E-state index in [9.17, 15) is 0 Å². The van der Waals surface area contributed by atoms with Crippen LogP contribution in [0.5, 0.6) is 0 Å². The topological polar surface area (TPSA) is 52.0 Å². The minimum absolute atomic E-state index is 0. The van der Waals surface area contributed by atoms with Crippen LogP contribution in [-0.4, -0.2) is 6.54 Å². The predicted octanol–water partition coefficient (Wildman–Crippen LogP) is 1.00. The fourth-order valence-electron chi connectivity index (χ4n) is 0.720. The molecule has 0 spiro atoms. The van der Waals surface area contributed by atoms with Gasteiger partial charge in [0.2, 0.25) is 0 Å². The molecule has 1 rings (SSSR count). The summed E-state index contributed by atoms with van der Waals surface area (Å²) in [7, 11) is 0. The maximum Gasteiger partial charge on any atom is 0.0555 e. The van der Waals surface area contributed by atoms with Crippen LogP contribution in [0.25, 0.3) is 0 Å². The molecular formula is C9H11ClN2. The van der Waals surface area contributed by atoms with Crippen LogP contribution in [0.4, 0.5) is 5.69 Å². The van der Waals surface area contributed by atoms with Crippen molar-refractivity contribution in [2.45, 2.75) is 0 Å². The van der Waals surface area contributed by atoms with Gasteiger partial charge in [0.1, 0.15) is 0 Å². The quantitative estimate of drug-likeness (QED) is 0.465. The van der Waals surface area contributed by atoms with Crippen molar-refractivity contribution in [1.82, 2.24) is 0 Å². The first-order chi connectivity index (χ1) is 5.33. The normalized spacial score (nSPS) is 7.75. The van der Waals surface area contributed by atoms with Crippen LogP contribution in [0.15, 0.2) is 24.3 Å². The zero-order chi connectivity index (χ0) is 8.10. The molecule has 0 saturated carbocycles. The zero-order valence-electron chi connectivity index (χ0n) is 6.58. The second-order valence-corrected chi connectivity index (χ2v) is 2.13. The summed E-state index contributed by atoms with van der Waals surface area (Å²) in [5.74, 6) is 5.66. The Morgan fingerprint density at radius 2 is 1.75 bits per heavy atom. The summed E-state index contributed by atoms with van der Waals surface area (Å²) in [5.41, 5.74) is 12.4. The Labute approximate surface area is 78.4 Å². The van der Waals surface area contributed by atoms with E-state index in [1.807, 2.05) is 24.3 Å². The van der Waals surface area contributed by atoms with Gasteiger partial charge >= 0.3 is 0 Å². The average Bonchev–Trinajstić information content (AvgIpc) is 2.04. The first kappa shape index (κ1) is 10.8. The Kier molecular flexibility index (Phi) is 4.94. The van der Waals surface area contributed by atoms with Gasteiger partial charge in [0.15, 0.2) is 0 Å². The van der Waals surface area contributed by atoms with Gasteiger partial charge in [0, 0.05) is 11.3 Å². The molecule has 0 fully saturated rings. The molecule has 0 aromatic heterocycles. The maximum absolute atomic E-state index is 5.48. The highest BCUT2D eigenvalue weighted by molar-refractivity contribution is 5.85. The van der Waals surface area contributed by atoms with E-state index >= 15 is 0 Å². The number of benzene rings is 1. The molecule has 0 aliphatic rings. The average molecular weight is 183 g/mol. The van der Waals surface area contributed by atoms with Gasteiger partial charge in [-0.3, -0.25) is 0 Å². The molecule has 12 heavy (non-hydrogen) atoms. The third-order valence-electron chi connectivity index (χ3n) is 1.25. The first-order valence-corrected chi connectivity index (χ1v) is 3.37. The Balaban J connectivity index is 0.00000121. The van der Waals surface area contributed by atoms with E-state index in [0.717, 1.165) is 11.3 Å². The fraction of sp³-hybridized carbons (Fsp3) is 0.111. The van der Waals surface area contributed by atoms with Gasteiger partial charge in [-0.25, -0.2) is 0 Å². The molecule has 0 amide bonds. The van der Waals surface area contributed by atoms with Crippen LogP contribution in [0.3, 0.4) is 0 Å².